The molecule has 164 valence electrons. The first-order valence-corrected chi connectivity index (χ1v) is 10.9. The zero-order valence-corrected chi connectivity index (χ0v) is 19.4. The normalized spacial score (nSPS) is 16.2. The molecule has 0 saturated carbocycles. The van der Waals surface area contributed by atoms with E-state index in [1.807, 2.05) is 51.0 Å². The lowest BCUT2D eigenvalue weighted by Gasteiger charge is -2.19. The highest BCUT2D eigenvalue weighted by Crippen LogP contribution is 2.35. The summed E-state index contributed by atoms with van der Waals surface area (Å²) in [5.74, 6) is -1.07. The van der Waals surface area contributed by atoms with Gasteiger partial charge in [-0.3, -0.25) is 14.5 Å². The van der Waals surface area contributed by atoms with Gasteiger partial charge in [-0.15, -0.1) is 0 Å². The lowest BCUT2D eigenvalue weighted by Crippen LogP contribution is -2.42. The van der Waals surface area contributed by atoms with E-state index in [1.54, 1.807) is 13.0 Å². The van der Waals surface area contributed by atoms with Crippen molar-refractivity contribution in [1.82, 2.24) is 9.47 Å². The van der Waals surface area contributed by atoms with Gasteiger partial charge in [-0.1, -0.05) is 0 Å². The molecule has 0 radical (unpaired) electrons. The second kappa shape index (κ2) is 9.01. The highest BCUT2D eigenvalue weighted by molar-refractivity contribution is 8.18. The van der Waals surface area contributed by atoms with Crippen LogP contribution in [-0.2, 0) is 14.3 Å². The standard InChI is InChI=1S/C23H27N3O4S/c1-7-30-22(28)16(4)26-21(27)20(31-23(26)29)13-17-12-14(2)25(15(17)3)19-10-8-18(9-11-19)24(5)6/h8-13,16H,7H2,1-6H3/b20-13+/t16-/m0/s1. The molecule has 1 aliphatic heterocycles. The second-order valence-corrected chi connectivity index (χ2v) is 8.55. The number of esters is 1. The zero-order chi connectivity index (χ0) is 22.9. The van der Waals surface area contributed by atoms with Gasteiger partial charge in [-0.25, -0.2) is 4.79 Å². The van der Waals surface area contributed by atoms with E-state index in [2.05, 4.69) is 16.7 Å². The summed E-state index contributed by atoms with van der Waals surface area (Å²) in [7, 11) is 3.99. The number of hydrogen-bond acceptors (Lipinski definition) is 6. The molecular formula is C23H27N3O4S. The Morgan fingerprint density at radius 3 is 2.42 bits per heavy atom. The first-order valence-electron chi connectivity index (χ1n) is 10.1. The molecule has 1 aliphatic rings. The lowest BCUT2D eigenvalue weighted by atomic mass is 10.2. The molecule has 0 aliphatic carbocycles. The molecule has 2 amide bonds. The minimum atomic E-state index is -0.957. The van der Waals surface area contributed by atoms with Gasteiger partial charge in [-0.2, -0.15) is 0 Å². The van der Waals surface area contributed by atoms with E-state index in [0.29, 0.717) is 4.91 Å². The second-order valence-electron chi connectivity index (χ2n) is 7.55. The van der Waals surface area contributed by atoms with E-state index < -0.39 is 23.2 Å². The van der Waals surface area contributed by atoms with Crippen molar-refractivity contribution in [3.05, 3.63) is 52.2 Å². The monoisotopic (exact) mass is 441 g/mol. The van der Waals surface area contributed by atoms with E-state index in [0.717, 1.165) is 45.0 Å². The fraction of sp³-hybridized carbons (Fsp3) is 0.348. The summed E-state index contributed by atoms with van der Waals surface area (Å²) in [5, 5.41) is -0.468. The van der Waals surface area contributed by atoms with Gasteiger partial charge in [0.05, 0.1) is 11.5 Å². The van der Waals surface area contributed by atoms with Crippen molar-refractivity contribution in [2.45, 2.75) is 33.7 Å². The van der Waals surface area contributed by atoms with Crippen molar-refractivity contribution in [2.75, 3.05) is 25.6 Å². The Morgan fingerprint density at radius 1 is 1.19 bits per heavy atom. The van der Waals surface area contributed by atoms with Gasteiger partial charge in [-0.05, 0) is 81.4 Å². The van der Waals surface area contributed by atoms with Crippen LogP contribution in [0.3, 0.4) is 0 Å². The lowest BCUT2D eigenvalue weighted by molar-refractivity contribution is -0.150. The van der Waals surface area contributed by atoms with Crippen molar-refractivity contribution in [1.29, 1.82) is 0 Å². The molecule has 0 N–H and O–H groups in total. The van der Waals surface area contributed by atoms with Crippen LogP contribution in [0.15, 0.2) is 35.2 Å². The molecule has 1 atom stereocenters. The van der Waals surface area contributed by atoms with Crippen LogP contribution in [0.4, 0.5) is 10.5 Å². The number of benzene rings is 1. The van der Waals surface area contributed by atoms with Crippen LogP contribution in [0.2, 0.25) is 0 Å². The summed E-state index contributed by atoms with van der Waals surface area (Å²) in [5.41, 5.74) is 4.95. The number of rotatable bonds is 6. The van der Waals surface area contributed by atoms with Crippen molar-refractivity contribution >= 4 is 40.6 Å². The summed E-state index contributed by atoms with van der Waals surface area (Å²) < 4.78 is 7.06. The molecule has 2 heterocycles. The van der Waals surface area contributed by atoms with Crippen LogP contribution in [0.1, 0.15) is 30.8 Å². The van der Waals surface area contributed by atoms with Crippen LogP contribution >= 0.6 is 11.8 Å². The third-order valence-corrected chi connectivity index (χ3v) is 6.10. The van der Waals surface area contributed by atoms with E-state index in [9.17, 15) is 14.4 Å². The van der Waals surface area contributed by atoms with Gasteiger partial charge >= 0.3 is 5.97 Å². The quantitative estimate of drug-likeness (QED) is 0.495. The van der Waals surface area contributed by atoms with E-state index >= 15 is 0 Å². The van der Waals surface area contributed by atoms with Crippen molar-refractivity contribution < 1.29 is 19.1 Å². The van der Waals surface area contributed by atoms with Crippen molar-refractivity contribution in [3.63, 3.8) is 0 Å². The molecule has 0 bridgehead atoms. The molecule has 8 heteroatoms. The Balaban J connectivity index is 1.91. The number of imide groups is 1. The highest BCUT2D eigenvalue weighted by Gasteiger charge is 2.41. The molecule has 0 unspecified atom stereocenters. The Morgan fingerprint density at radius 2 is 1.84 bits per heavy atom. The summed E-state index contributed by atoms with van der Waals surface area (Å²) >= 11 is 0.841. The maximum Gasteiger partial charge on any atom is 0.329 e. The highest BCUT2D eigenvalue weighted by atomic mass is 32.2. The number of carbonyl (C=O) groups excluding carboxylic acids is 3. The number of carbonyl (C=O) groups is 3. The summed E-state index contributed by atoms with van der Waals surface area (Å²) in [6.45, 7) is 7.35. The largest absolute Gasteiger partial charge is 0.464 e. The Kier molecular flexibility index (Phi) is 6.59. The van der Waals surface area contributed by atoms with Gasteiger partial charge < -0.3 is 14.2 Å². The maximum atomic E-state index is 12.8. The Bertz CT molecular complexity index is 1050. The van der Waals surface area contributed by atoms with E-state index in [4.69, 9.17) is 4.74 Å². The fourth-order valence-corrected chi connectivity index (χ4v) is 4.45. The average Bonchev–Trinajstić information content (AvgIpc) is 3.16. The number of thioether (sulfide) groups is 1. The molecule has 31 heavy (non-hydrogen) atoms. The molecule has 1 aromatic carbocycles. The number of nitrogens with zero attached hydrogens (tertiary/aromatic N) is 3. The number of ether oxygens (including phenoxy) is 1. The molecule has 2 aromatic rings. The Labute approximate surface area is 186 Å². The predicted molar refractivity (Wildman–Crippen MR) is 123 cm³/mol. The number of hydrogen-bond donors (Lipinski definition) is 0. The number of amides is 2. The van der Waals surface area contributed by atoms with Crippen LogP contribution in [0.5, 0.6) is 0 Å². The van der Waals surface area contributed by atoms with Crippen LogP contribution < -0.4 is 4.90 Å². The molecule has 0 spiro atoms. The number of aryl methyl sites for hydroxylation is 1. The molecular weight excluding hydrogens is 414 g/mol. The van der Waals surface area contributed by atoms with Crippen LogP contribution in [0.25, 0.3) is 11.8 Å². The molecule has 7 nitrogen and oxygen atoms in total. The van der Waals surface area contributed by atoms with Gasteiger partial charge in [0.25, 0.3) is 11.1 Å². The first-order chi connectivity index (χ1) is 14.6. The van der Waals surface area contributed by atoms with Crippen LogP contribution in [-0.4, -0.2) is 53.3 Å². The minimum Gasteiger partial charge on any atom is -0.464 e. The summed E-state index contributed by atoms with van der Waals surface area (Å²) in [6, 6.07) is 9.23. The number of aromatic nitrogens is 1. The van der Waals surface area contributed by atoms with Gasteiger partial charge in [0.1, 0.15) is 6.04 Å². The summed E-state index contributed by atoms with van der Waals surface area (Å²) in [6.07, 6.45) is 1.72. The average molecular weight is 442 g/mol. The minimum absolute atomic E-state index is 0.191. The zero-order valence-electron chi connectivity index (χ0n) is 18.6. The smallest absolute Gasteiger partial charge is 0.329 e. The molecule has 1 aromatic heterocycles. The SMILES string of the molecule is CCOC(=O)[C@H](C)N1C(=O)S/C(=C/c2cc(C)n(-c3ccc(N(C)C)cc3)c2C)C1=O. The third kappa shape index (κ3) is 4.39. The molecule has 1 fully saturated rings. The van der Waals surface area contributed by atoms with E-state index in [1.165, 1.54) is 6.92 Å². The molecule has 3 rings (SSSR count). The predicted octanol–water partition coefficient (Wildman–Crippen LogP) is 4.15. The topological polar surface area (TPSA) is 71.8 Å². The van der Waals surface area contributed by atoms with Crippen molar-refractivity contribution in [2.24, 2.45) is 0 Å². The van der Waals surface area contributed by atoms with Crippen molar-refractivity contribution in [3.8, 4) is 5.69 Å². The van der Waals surface area contributed by atoms with Crippen LogP contribution in [0, 0.1) is 13.8 Å². The van der Waals surface area contributed by atoms with Gasteiger partial charge in [0, 0.05) is 36.9 Å². The van der Waals surface area contributed by atoms with Gasteiger partial charge in [0.15, 0.2) is 0 Å². The van der Waals surface area contributed by atoms with E-state index in [-0.39, 0.29) is 6.61 Å². The third-order valence-electron chi connectivity index (χ3n) is 5.22. The number of anilines is 1. The first kappa shape index (κ1) is 22.7. The summed E-state index contributed by atoms with van der Waals surface area (Å²) in [4.78, 5) is 40.6. The van der Waals surface area contributed by atoms with Gasteiger partial charge in [0.2, 0.25) is 0 Å². The fourth-order valence-electron chi connectivity index (χ4n) is 3.55. The molecule has 1 saturated heterocycles. The Hall–Kier alpha value is -3.00. The maximum absolute atomic E-state index is 12.8.